The fraction of sp³-hybridized carbons (Fsp3) is 0.829. The number of fused-ring (bicyclic) bond motifs is 2. The number of aliphatic hydroxyl groups is 5. The lowest BCUT2D eigenvalue weighted by atomic mass is 9.44. The van der Waals surface area contributed by atoms with Crippen molar-refractivity contribution in [2.45, 2.75) is 129 Å². The van der Waals surface area contributed by atoms with E-state index in [-0.39, 0.29) is 53.4 Å². The van der Waals surface area contributed by atoms with Gasteiger partial charge in [-0.25, -0.2) is 0 Å². The molecule has 1 heterocycles. The molecule has 0 amide bonds. The summed E-state index contributed by atoms with van der Waals surface area (Å²) in [7, 11) is 0. The molecule has 2 spiro atoms. The van der Waals surface area contributed by atoms with E-state index >= 15 is 0 Å². The minimum Gasteiger partial charge on any atom is -0.392 e. The van der Waals surface area contributed by atoms with Crippen LogP contribution >= 0.6 is 0 Å². The number of ketones is 2. The summed E-state index contributed by atoms with van der Waals surface area (Å²) in [5, 5.41) is 53.1. The summed E-state index contributed by atoms with van der Waals surface area (Å²) in [6.07, 6.45) is -0.508. The van der Waals surface area contributed by atoms with Crippen LogP contribution in [-0.2, 0) is 19.1 Å². The van der Waals surface area contributed by atoms with Crippen molar-refractivity contribution >= 4 is 11.6 Å². The molecule has 4 saturated carbocycles. The van der Waals surface area contributed by atoms with Crippen LogP contribution in [0.1, 0.15) is 86.5 Å². The second-order valence-electron chi connectivity index (χ2n) is 16.4. The van der Waals surface area contributed by atoms with Gasteiger partial charge in [-0.1, -0.05) is 52.8 Å². The maximum absolute atomic E-state index is 13.9. The maximum atomic E-state index is 13.9. The molecule has 0 aromatic rings. The van der Waals surface area contributed by atoms with Crippen molar-refractivity contribution < 1.29 is 44.6 Å². The molecule has 44 heavy (non-hydrogen) atoms. The van der Waals surface area contributed by atoms with Crippen molar-refractivity contribution in [2.24, 2.45) is 44.8 Å². The first-order valence-electron chi connectivity index (χ1n) is 16.5. The van der Waals surface area contributed by atoms with Crippen molar-refractivity contribution in [3.8, 4) is 0 Å². The number of hydrogen-bond acceptors (Lipinski definition) is 9. The first-order valence-corrected chi connectivity index (χ1v) is 16.5. The molecule has 0 unspecified atom stereocenters. The number of aliphatic hydroxyl groups excluding tert-OH is 5. The van der Waals surface area contributed by atoms with Crippen molar-refractivity contribution in [1.29, 1.82) is 0 Å². The molecule has 0 aromatic carbocycles. The summed E-state index contributed by atoms with van der Waals surface area (Å²) in [5.41, 5.74) is -0.214. The van der Waals surface area contributed by atoms with E-state index in [2.05, 4.69) is 40.3 Å². The molecular formula is C35H52O9. The number of carbonyl (C=O) groups excluding carboxylic acids is 2. The van der Waals surface area contributed by atoms with Crippen LogP contribution in [0.15, 0.2) is 23.8 Å². The summed E-state index contributed by atoms with van der Waals surface area (Å²) in [6, 6.07) is 0. The zero-order valence-corrected chi connectivity index (χ0v) is 27.1. The Kier molecular flexibility index (Phi) is 7.58. The lowest BCUT2D eigenvalue weighted by Gasteiger charge is -2.61. The minimum atomic E-state index is -1.34. The van der Waals surface area contributed by atoms with E-state index in [9.17, 15) is 35.1 Å². The van der Waals surface area contributed by atoms with E-state index in [0.717, 1.165) is 19.3 Å². The summed E-state index contributed by atoms with van der Waals surface area (Å²) >= 11 is 0. The highest BCUT2D eigenvalue weighted by Gasteiger charge is 2.84. The van der Waals surface area contributed by atoms with Gasteiger partial charge in [0.1, 0.15) is 30.2 Å². The molecule has 246 valence electrons. The monoisotopic (exact) mass is 616 g/mol. The molecule has 14 atom stereocenters. The Labute approximate surface area is 260 Å². The molecule has 1 saturated heterocycles. The van der Waals surface area contributed by atoms with Crippen LogP contribution in [0.5, 0.6) is 0 Å². The molecule has 1 aliphatic heterocycles. The number of Topliss-reactive ketones (excluding diaryl/α,β-unsaturated/α-hetero) is 2. The van der Waals surface area contributed by atoms with Crippen LogP contribution in [0.4, 0.5) is 0 Å². The van der Waals surface area contributed by atoms with Crippen LogP contribution in [0, 0.1) is 44.8 Å². The normalized spacial score (nSPS) is 50.3. The van der Waals surface area contributed by atoms with Crippen LogP contribution in [-0.4, -0.2) is 86.6 Å². The molecule has 5 aliphatic carbocycles. The number of rotatable bonds is 7. The maximum Gasteiger partial charge on any atom is 0.186 e. The molecule has 9 nitrogen and oxygen atoms in total. The fourth-order valence-corrected chi connectivity index (χ4v) is 11.5. The molecule has 5 fully saturated rings. The van der Waals surface area contributed by atoms with E-state index in [1.165, 1.54) is 5.57 Å². The highest BCUT2D eigenvalue weighted by atomic mass is 16.7. The Bertz CT molecular complexity index is 1270. The van der Waals surface area contributed by atoms with Gasteiger partial charge in [-0.15, -0.1) is 0 Å². The summed E-state index contributed by atoms with van der Waals surface area (Å²) in [6.45, 7) is 15.9. The van der Waals surface area contributed by atoms with Crippen molar-refractivity contribution in [3.05, 3.63) is 23.8 Å². The van der Waals surface area contributed by atoms with Crippen molar-refractivity contribution in [3.63, 3.8) is 0 Å². The molecule has 0 aromatic heterocycles. The molecule has 6 aliphatic rings. The molecule has 0 bridgehead atoms. The van der Waals surface area contributed by atoms with Gasteiger partial charge in [0.15, 0.2) is 12.1 Å². The summed E-state index contributed by atoms with van der Waals surface area (Å²) in [4.78, 5) is 26.7. The van der Waals surface area contributed by atoms with Gasteiger partial charge in [-0.2, -0.15) is 0 Å². The van der Waals surface area contributed by atoms with Gasteiger partial charge in [0.2, 0.25) is 0 Å². The van der Waals surface area contributed by atoms with Gasteiger partial charge in [-0.3, -0.25) is 9.59 Å². The lowest BCUT2D eigenvalue weighted by Crippen LogP contribution is -2.59. The Hall–Kier alpha value is -1.46. The van der Waals surface area contributed by atoms with E-state index in [1.807, 2.05) is 6.92 Å². The first-order chi connectivity index (χ1) is 20.4. The van der Waals surface area contributed by atoms with E-state index < -0.39 is 59.0 Å². The Morgan fingerprint density at radius 2 is 1.84 bits per heavy atom. The highest BCUT2D eigenvalue weighted by Crippen LogP contribution is 2.87. The van der Waals surface area contributed by atoms with Crippen LogP contribution in [0.3, 0.4) is 0 Å². The standard InChI is InChI=1S/C35H52O9/c1-17(2)27(40)19(36)12-18(3)26-20(37)13-32(6)23-9-8-22-31(4,5)25(44-30-29(42)28(41)21(38)15-43-30)10-11-34(22)16-35(23,34)24(39)14-33(26,32)7/h9,18,21-22,24-30,38-42H,1,8,10-16H2,2-7H3/t18-,21-,22+,24+,25+,26+,27-,28+,29-,30+,32+,33-,34-,35-/m1/s1. The van der Waals surface area contributed by atoms with Crippen molar-refractivity contribution in [1.82, 2.24) is 0 Å². The van der Waals surface area contributed by atoms with Crippen LogP contribution in [0.2, 0.25) is 0 Å². The molecule has 9 heteroatoms. The smallest absolute Gasteiger partial charge is 0.186 e. The SMILES string of the molecule is C=C(C)[C@@H](O)C(=O)C[C@@H](C)[C@H]1C(=O)C[C@@]2(C)C3=CC[C@H]4C(C)(C)[C@@H](O[C@@H]5OC[C@@H](O)[C@H](O)[C@H]5O)CC[C@@]45C[C@]35[C@@H](O)C[C@]12C. The van der Waals surface area contributed by atoms with Gasteiger partial charge < -0.3 is 35.0 Å². The van der Waals surface area contributed by atoms with E-state index in [4.69, 9.17) is 9.47 Å². The van der Waals surface area contributed by atoms with Crippen LogP contribution in [0.25, 0.3) is 0 Å². The third-order valence-corrected chi connectivity index (χ3v) is 13.9. The second-order valence-corrected chi connectivity index (χ2v) is 16.4. The van der Waals surface area contributed by atoms with Gasteiger partial charge in [-0.05, 0) is 72.7 Å². The predicted octanol–water partition coefficient (Wildman–Crippen LogP) is 2.85. The van der Waals surface area contributed by atoms with Gasteiger partial charge in [0.05, 0.1) is 18.8 Å². The largest absolute Gasteiger partial charge is 0.392 e. The number of hydrogen-bond donors (Lipinski definition) is 5. The van der Waals surface area contributed by atoms with E-state index in [0.29, 0.717) is 24.8 Å². The quantitative estimate of drug-likeness (QED) is 0.272. The molecule has 6 rings (SSSR count). The van der Waals surface area contributed by atoms with E-state index in [1.54, 1.807) is 6.92 Å². The summed E-state index contributed by atoms with van der Waals surface area (Å²) in [5.74, 6) is -0.653. The molecular weight excluding hydrogens is 564 g/mol. The highest BCUT2D eigenvalue weighted by molar-refractivity contribution is 5.89. The molecule has 0 radical (unpaired) electrons. The number of allylic oxidation sites excluding steroid dienone is 1. The number of ether oxygens (including phenoxy) is 2. The average Bonchev–Trinajstić information content (AvgIpc) is 3.57. The fourth-order valence-electron chi connectivity index (χ4n) is 11.5. The third-order valence-electron chi connectivity index (χ3n) is 13.9. The molecule has 5 N–H and O–H groups in total. The number of carbonyl (C=O) groups is 2. The zero-order chi connectivity index (χ0) is 32.4. The third kappa shape index (κ3) is 4.09. The average molecular weight is 617 g/mol. The topological polar surface area (TPSA) is 154 Å². The van der Waals surface area contributed by atoms with Gasteiger partial charge in [0, 0.05) is 29.6 Å². The second kappa shape index (κ2) is 10.3. The lowest BCUT2D eigenvalue weighted by molar-refractivity contribution is -0.301. The Morgan fingerprint density at radius 3 is 2.50 bits per heavy atom. The van der Waals surface area contributed by atoms with Gasteiger partial charge >= 0.3 is 0 Å². The Balaban J connectivity index is 1.28. The van der Waals surface area contributed by atoms with Crippen molar-refractivity contribution in [2.75, 3.05) is 6.61 Å². The predicted molar refractivity (Wildman–Crippen MR) is 161 cm³/mol. The minimum absolute atomic E-state index is 0.0906. The van der Waals surface area contributed by atoms with Gasteiger partial charge in [0.25, 0.3) is 0 Å². The first kappa shape index (κ1) is 32.5. The Morgan fingerprint density at radius 1 is 1.16 bits per heavy atom. The zero-order valence-electron chi connectivity index (χ0n) is 27.1. The summed E-state index contributed by atoms with van der Waals surface area (Å²) < 4.78 is 11.9. The van der Waals surface area contributed by atoms with Crippen LogP contribution < -0.4 is 0 Å².